The lowest BCUT2D eigenvalue weighted by Crippen LogP contribution is -2.58. The molecule has 1 aliphatic carbocycles. The van der Waals surface area contributed by atoms with Crippen molar-refractivity contribution in [2.75, 3.05) is 13.1 Å². The first-order valence-electron chi connectivity index (χ1n) is 10.3. The molecule has 2 aromatic rings. The molecule has 1 aromatic heterocycles. The molecule has 1 saturated heterocycles. The minimum absolute atomic E-state index is 0.262. The van der Waals surface area contributed by atoms with Gasteiger partial charge in [-0.05, 0) is 49.1 Å². The van der Waals surface area contributed by atoms with E-state index in [1.807, 2.05) is 24.4 Å². The minimum atomic E-state index is -0.767. The molecule has 3 heterocycles. The van der Waals surface area contributed by atoms with Crippen molar-refractivity contribution in [3.8, 4) is 5.75 Å². The molecule has 0 amide bonds. The molecule has 1 aromatic carbocycles. The molecule has 1 N–H and O–H groups in total. The molecule has 0 spiro atoms. The highest BCUT2D eigenvalue weighted by Gasteiger charge is 2.52. The zero-order chi connectivity index (χ0) is 18.4. The molecule has 1 saturated carbocycles. The van der Waals surface area contributed by atoms with Gasteiger partial charge in [0.25, 0.3) is 0 Å². The normalized spacial score (nSPS) is 32.7. The molecule has 3 aliphatic rings. The van der Waals surface area contributed by atoms with Crippen molar-refractivity contribution in [1.82, 2.24) is 9.88 Å². The summed E-state index contributed by atoms with van der Waals surface area (Å²) in [6, 6.07) is 12.6. The van der Waals surface area contributed by atoms with Crippen LogP contribution in [0, 0.1) is 11.8 Å². The summed E-state index contributed by atoms with van der Waals surface area (Å²) in [7, 11) is 0. The second-order valence-corrected chi connectivity index (χ2v) is 8.63. The van der Waals surface area contributed by atoms with Gasteiger partial charge in [0.1, 0.15) is 17.5 Å². The number of nitrogens with zero attached hydrogens (tertiary/aromatic N) is 2. The number of piperidine rings is 1. The van der Waals surface area contributed by atoms with Gasteiger partial charge in [-0.25, -0.2) is 0 Å². The third-order valence-corrected chi connectivity index (χ3v) is 6.75. The van der Waals surface area contributed by atoms with Gasteiger partial charge in [-0.2, -0.15) is 0 Å². The molecule has 142 valence electrons. The number of rotatable bonds is 3. The van der Waals surface area contributed by atoms with E-state index >= 15 is 0 Å². The molecule has 2 bridgehead atoms. The first-order valence-corrected chi connectivity index (χ1v) is 10.3. The summed E-state index contributed by atoms with van der Waals surface area (Å²) in [4.78, 5) is 7.06. The number of ether oxygens (including phenoxy) is 1. The summed E-state index contributed by atoms with van der Waals surface area (Å²) < 4.78 is 5.84. The first-order chi connectivity index (χ1) is 13.1. The van der Waals surface area contributed by atoms with Crippen molar-refractivity contribution >= 4 is 0 Å². The van der Waals surface area contributed by atoms with Crippen LogP contribution >= 0.6 is 0 Å². The van der Waals surface area contributed by atoms with Crippen molar-refractivity contribution < 1.29 is 9.84 Å². The Hall–Kier alpha value is -1.91. The summed E-state index contributed by atoms with van der Waals surface area (Å²) in [6.07, 6.45) is 6.48. The van der Waals surface area contributed by atoms with Gasteiger partial charge in [0.05, 0.1) is 5.69 Å². The monoisotopic (exact) mass is 364 g/mol. The van der Waals surface area contributed by atoms with Crippen molar-refractivity contribution in [2.45, 2.75) is 50.9 Å². The smallest absolute Gasteiger partial charge is 0.123 e. The summed E-state index contributed by atoms with van der Waals surface area (Å²) in [5.41, 5.74) is 2.79. The Balaban J connectivity index is 1.36. The van der Waals surface area contributed by atoms with E-state index in [1.54, 1.807) is 0 Å². The summed E-state index contributed by atoms with van der Waals surface area (Å²) in [6.45, 7) is 4.96. The fourth-order valence-electron chi connectivity index (χ4n) is 5.52. The van der Waals surface area contributed by atoms with Crippen LogP contribution in [0.1, 0.15) is 43.0 Å². The Labute approximate surface area is 161 Å². The first kappa shape index (κ1) is 17.2. The van der Waals surface area contributed by atoms with Crippen molar-refractivity contribution in [1.29, 1.82) is 0 Å². The average Bonchev–Trinajstić information content (AvgIpc) is 3.03. The maximum atomic E-state index is 11.7. The second kappa shape index (κ2) is 6.61. The van der Waals surface area contributed by atoms with E-state index < -0.39 is 5.60 Å². The van der Waals surface area contributed by atoms with Crippen LogP contribution in [0.4, 0.5) is 0 Å². The number of hydrogen-bond acceptors (Lipinski definition) is 4. The Bertz CT molecular complexity index is 808. The zero-order valence-electron chi connectivity index (χ0n) is 16.0. The van der Waals surface area contributed by atoms with Crippen LogP contribution < -0.4 is 4.74 Å². The average molecular weight is 364 g/mol. The number of hydrogen-bond donors (Lipinski definition) is 1. The Morgan fingerprint density at radius 2 is 2.00 bits per heavy atom. The number of fused-ring (bicyclic) bond motifs is 3. The topological polar surface area (TPSA) is 45.6 Å². The van der Waals surface area contributed by atoms with Crippen molar-refractivity contribution in [2.24, 2.45) is 11.8 Å². The predicted molar refractivity (Wildman–Crippen MR) is 104 cm³/mol. The third kappa shape index (κ3) is 2.95. The molecule has 2 fully saturated rings. The maximum absolute atomic E-state index is 11.7. The molecule has 27 heavy (non-hydrogen) atoms. The molecular weight excluding hydrogens is 336 g/mol. The van der Waals surface area contributed by atoms with E-state index in [0.717, 1.165) is 50.3 Å². The molecule has 4 heteroatoms. The fraction of sp³-hybridized carbons (Fsp3) is 0.522. The Morgan fingerprint density at radius 1 is 1.19 bits per heavy atom. The van der Waals surface area contributed by atoms with E-state index in [9.17, 15) is 5.11 Å². The van der Waals surface area contributed by atoms with Gasteiger partial charge in [0, 0.05) is 44.1 Å². The number of aliphatic hydroxyl groups is 1. The maximum Gasteiger partial charge on any atom is 0.123 e. The van der Waals surface area contributed by atoms with E-state index in [2.05, 4.69) is 35.0 Å². The van der Waals surface area contributed by atoms with Crippen LogP contribution in [0.15, 0.2) is 42.6 Å². The fourth-order valence-corrected chi connectivity index (χ4v) is 5.52. The summed E-state index contributed by atoms with van der Waals surface area (Å²) in [5, 5.41) is 11.7. The van der Waals surface area contributed by atoms with Crippen LogP contribution in [-0.2, 0) is 18.6 Å². The van der Waals surface area contributed by atoms with Gasteiger partial charge in [0.2, 0.25) is 0 Å². The van der Waals surface area contributed by atoms with E-state index in [4.69, 9.17) is 4.74 Å². The van der Waals surface area contributed by atoms with Crippen LogP contribution in [0.5, 0.6) is 5.75 Å². The van der Waals surface area contributed by atoms with Crippen LogP contribution in [0.25, 0.3) is 0 Å². The van der Waals surface area contributed by atoms with Crippen LogP contribution in [0.3, 0.4) is 0 Å². The quantitative estimate of drug-likeness (QED) is 0.905. The third-order valence-electron chi connectivity index (χ3n) is 6.75. The van der Waals surface area contributed by atoms with Gasteiger partial charge in [0.15, 0.2) is 0 Å². The number of likely N-dealkylation sites (tertiary alicyclic amines) is 1. The lowest BCUT2D eigenvalue weighted by Gasteiger charge is -2.52. The Kier molecular flexibility index (Phi) is 4.21. The molecule has 0 radical (unpaired) electrons. The summed E-state index contributed by atoms with van der Waals surface area (Å²) >= 11 is 0. The standard InChI is InChI=1S/C23H28N2O2/c1-16-11-18-12-17(8-9-21(18)27-16)13-25-14-19-5-4-6-20(15-25)23(19,26)22-7-2-3-10-24-22/h2-3,7-10,12,16,19-20,26H,4-6,11,13-15H2,1H3/t16-,19-,20-/m0/s1. The molecule has 4 nitrogen and oxygen atoms in total. The van der Waals surface area contributed by atoms with E-state index in [0.29, 0.717) is 0 Å². The number of pyridine rings is 1. The van der Waals surface area contributed by atoms with E-state index in [-0.39, 0.29) is 17.9 Å². The highest BCUT2D eigenvalue weighted by molar-refractivity contribution is 5.40. The van der Waals surface area contributed by atoms with Crippen molar-refractivity contribution in [3.63, 3.8) is 0 Å². The largest absolute Gasteiger partial charge is 0.490 e. The molecule has 0 unspecified atom stereocenters. The van der Waals surface area contributed by atoms with E-state index in [1.165, 1.54) is 17.5 Å². The molecule has 3 atom stereocenters. The molecule has 5 rings (SSSR count). The lowest BCUT2D eigenvalue weighted by atomic mass is 9.64. The van der Waals surface area contributed by atoms with Crippen LogP contribution in [0.2, 0.25) is 0 Å². The number of benzene rings is 1. The van der Waals surface area contributed by atoms with Gasteiger partial charge in [-0.1, -0.05) is 24.6 Å². The molecular formula is C23H28N2O2. The highest BCUT2D eigenvalue weighted by atomic mass is 16.5. The Morgan fingerprint density at radius 3 is 2.74 bits per heavy atom. The number of aromatic nitrogens is 1. The predicted octanol–water partition coefficient (Wildman–Crippen LogP) is 3.52. The van der Waals surface area contributed by atoms with Crippen molar-refractivity contribution in [3.05, 3.63) is 59.4 Å². The second-order valence-electron chi connectivity index (χ2n) is 8.63. The minimum Gasteiger partial charge on any atom is -0.490 e. The zero-order valence-corrected chi connectivity index (χ0v) is 16.0. The molecule has 2 aliphatic heterocycles. The van der Waals surface area contributed by atoms with Gasteiger partial charge in [-0.3, -0.25) is 9.88 Å². The van der Waals surface area contributed by atoms with Gasteiger partial charge in [-0.15, -0.1) is 0 Å². The lowest BCUT2D eigenvalue weighted by molar-refractivity contribution is -0.151. The van der Waals surface area contributed by atoms with Gasteiger partial charge >= 0.3 is 0 Å². The van der Waals surface area contributed by atoms with Crippen LogP contribution in [-0.4, -0.2) is 34.2 Å². The SMILES string of the molecule is C[C@H]1Cc2cc(CN3C[C@@H]4CCC[C@@H](C3)C4(O)c3ccccn3)ccc2O1. The highest BCUT2D eigenvalue weighted by Crippen LogP contribution is 2.48. The summed E-state index contributed by atoms with van der Waals surface area (Å²) in [5.74, 6) is 1.57. The van der Waals surface area contributed by atoms with Gasteiger partial charge < -0.3 is 9.84 Å².